The maximum absolute atomic E-state index is 13.5. The maximum Gasteiger partial charge on any atom is 0.338 e. The molecule has 4 nitrogen and oxygen atoms in total. The Kier molecular flexibility index (Phi) is 5.25. The summed E-state index contributed by atoms with van der Waals surface area (Å²) < 4.78 is 18.5. The lowest BCUT2D eigenvalue weighted by Crippen LogP contribution is -2.32. The van der Waals surface area contributed by atoms with Crippen molar-refractivity contribution in [3.8, 4) is 0 Å². The van der Waals surface area contributed by atoms with Gasteiger partial charge in [0.2, 0.25) is 0 Å². The molecule has 18 heavy (non-hydrogen) atoms. The predicted octanol–water partition coefficient (Wildman–Crippen LogP) is 1.99. The SMILES string of the molecule is COCC(C)N(C)Cc1ccc(C(=O)O)c(F)c1. The Hall–Kier alpha value is -1.46. The van der Waals surface area contributed by atoms with Gasteiger partial charge >= 0.3 is 5.97 Å². The summed E-state index contributed by atoms with van der Waals surface area (Å²) in [5.74, 6) is -1.95. The number of hydrogen-bond donors (Lipinski definition) is 1. The fourth-order valence-corrected chi connectivity index (χ4v) is 1.64. The van der Waals surface area contributed by atoms with Crippen LogP contribution in [0.4, 0.5) is 4.39 Å². The first-order valence-electron chi connectivity index (χ1n) is 5.66. The molecule has 0 aliphatic heterocycles. The van der Waals surface area contributed by atoms with Crippen LogP contribution in [0.25, 0.3) is 0 Å². The van der Waals surface area contributed by atoms with Crippen molar-refractivity contribution in [3.05, 3.63) is 35.1 Å². The summed E-state index contributed by atoms with van der Waals surface area (Å²) >= 11 is 0. The van der Waals surface area contributed by atoms with Crippen molar-refractivity contribution >= 4 is 5.97 Å². The molecule has 0 aliphatic carbocycles. The Morgan fingerprint density at radius 2 is 2.22 bits per heavy atom. The summed E-state index contributed by atoms with van der Waals surface area (Å²) in [4.78, 5) is 12.7. The lowest BCUT2D eigenvalue weighted by atomic mass is 10.1. The van der Waals surface area contributed by atoms with E-state index < -0.39 is 11.8 Å². The highest BCUT2D eigenvalue weighted by Gasteiger charge is 2.13. The highest BCUT2D eigenvalue weighted by Crippen LogP contribution is 2.13. The summed E-state index contributed by atoms with van der Waals surface area (Å²) in [6, 6.07) is 4.39. The molecule has 0 aliphatic rings. The molecule has 1 rings (SSSR count). The maximum atomic E-state index is 13.5. The molecule has 0 heterocycles. The van der Waals surface area contributed by atoms with Gasteiger partial charge in [-0.2, -0.15) is 0 Å². The molecular weight excluding hydrogens is 237 g/mol. The molecule has 0 amide bonds. The van der Waals surface area contributed by atoms with E-state index in [2.05, 4.69) is 0 Å². The number of halogens is 1. The van der Waals surface area contributed by atoms with Gasteiger partial charge in [0.25, 0.3) is 0 Å². The largest absolute Gasteiger partial charge is 0.478 e. The summed E-state index contributed by atoms with van der Waals surface area (Å²) in [5.41, 5.74) is 0.439. The second-order valence-electron chi connectivity index (χ2n) is 4.34. The van der Waals surface area contributed by atoms with Crippen LogP contribution in [-0.4, -0.2) is 42.8 Å². The summed E-state index contributed by atoms with van der Waals surface area (Å²) in [7, 11) is 3.54. The Labute approximate surface area is 106 Å². The molecule has 0 spiro atoms. The molecule has 5 heteroatoms. The van der Waals surface area contributed by atoms with E-state index in [-0.39, 0.29) is 11.6 Å². The Balaban J connectivity index is 2.74. The lowest BCUT2D eigenvalue weighted by Gasteiger charge is -2.24. The molecule has 0 radical (unpaired) electrons. The number of nitrogens with zero attached hydrogens (tertiary/aromatic N) is 1. The van der Waals surface area contributed by atoms with Crippen LogP contribution in [0, 0.1) is 5.82 Å². The quantitative estimate of drug-likeness (QED) is 0.844. The number of likely N-dealkylation sites (N-methyl/N-ethyl adjacent to an activating group) is 1. The number of methoxy groups -OCH3 is 1. The number of carboxylic acid groups (broad SMARTS) is 1. The first-order chi connectivity index (χ1) is 8.45. The van der Waals surface area contributed by atoms with Gasteiger partial charge in [-0.05, 0) is 31.7 Å². The first kappa shape index (κ1) is 14.6. The Morgan fingerprint density at radius 1 is 1.56 bits per heavy atom. The van der Waals surface area contributed by atoms with E-state index in [0.717, 1.165) is 5.56 Å². The molecule has 0 aromatic heterocycles. The summed E-state index contributed by atoms with van der Waals surface area (Å²) in [5, 5.41) is 8.73. The number of rotatable bonds is 6. The molecule has 1 unspecified atom stereocenters. The molecule has 1 aromatic rings. The second-order valence-corrected chi connectivity index (χ2v) is 4.34. The monoisotopic (exact) mass is 255 g/mol. The van der Waals surface area contributed by atoms with E-state index in [1.807, 2.05) is 18.9 Å². The zero-order valence-corrected chi connectivity index (χ0v) is 10.8. The van der Waals surface area contributed by atoms with Crippen LogP contribution in [0.2, 0.25) is 0 Å². The van der Waals surface area contributed by atoms with Crippen molar-refractivity contribution in [2.24, 2.45) is 0 Å². The van der Waals surface area contributed by atoms with Gasteiger partial charge in [0, 0.05) is 19.7 Å². The van der Waals surface area contributed by atoms with Crippen molar-refractivity contribution in [2.45, 2.75) is 19.5 Å². The molecule has 0 saturated carbocycles. The van der Waals surface area contributed by atoms with Crippen LogP contribution < -0.4 is 0 Å². The van der Waals surface area contributed by atoms with E-state index in [9.17, 15) is 9.18 Å². The van der Waals surface area contributed by atoms with E-state index in [1.165, 1.54) is 12.1 Å². The third-order valence-corrected chi connectivity index (χ3v) is 2.86. The van der Waals surface area contributed by atoms with Crippen LogP contribution in [-0.2, 0) is 11.3 Å². The van der Waals surface area contributed by atoms with Crippen LogP contribution >= 0.6 is 0 Å². The van der Waals surface area contributed by atoms with Crippen molar-refractivity contribution in [1.82, 2.24) is 4.90 Å². The predicted molar refractivity (Wildman–Crippen MR) is 66.2 cm³/mol. The Morgan fingerprint density at radius 3 is 2.72 bits per heavy atom. The highest BCUT2D eigenvalue weighted by atomic mass is 19.1. The van der Waals surface area contributed by atoms with Gasteiger partial charge in [-0.25, -0.2) is 9.18 Å². The minimum Gasteiger partial charge on any atom is -0.478 e. The Bertz CT molecular complexity index is 423. The fraction of sp³-hybridized carbons (Fsp3) is 0.462. The average Bonchev–Trinajstić information content (AvgIpc) is 2.28. The van der Waals surface area contributed by atoms with Gasteiger partial charge in [0.15, 0.2) is 0 Å². The number of aromatic carboxylic acids is 1. The van der Waals surface area contributed by atoms with Gasteiger partial charge in [-0.15, -0.1) is 0 Å². The fourth-order valence-electron chi connectivity index (χ4n) is 1.64. The zero-order chi connectivity index (χ0) is 13.7. The minimum absolute atomic E-state index is 0.206. The molecule has 0 fully saturated rings. The molecule has 0 bridgehead atoms. The van der Waals surface area contributed by atoms with Gasteiger partial charge in [-0.3, -0.25) is 4.90 Å². The number of benzene rings is 1. The number of hydrogen-bond acceptors (Lipinski definition) is 3. The zero-order valence-electron chi connectivity index (χ0n) is 10.8. The average molecular weight is 255 g/mol. The third-order valence-electron chi connectivity index (χ3n) is 2.86. The van der Waals surface area contributed by atoms with Crippen LogP contribution in [0.1, 0.15) is 22.8 Å². The van der Waals surface area contributed by atoms with Crippen molar-refractivity contribution in [1.29, 1.82) is 0 Å². The first-order valence-corrected chi connectivity index (χ1v) is 5.66. The van der Waals surface area contributed by atoms with E-state index in [1.54, 1.807) is 13.2 Å². The topological polar surface area (TPSA) is 49.8 Å². The van der Waals surface area contributed by atoms with Crippen LogP contribution in [0.3, 0.4) is 0 Å². The van der Waals surface area contributed by atoms with Crippen LogP contribution in [0.15, 0.2) is 18.2 Å². The number of carboxylic acids is 1. The van der Waals surface area contributed by atoms with Gasteiger partial charge in [0.1, 0.15) is 5.82 Å². The van der Waals surface area contributed by atoms with Gasteiger partial charge in [0.05, 0.1) is 12.2 Å². The number of carbonyl (C=O) groups is 1. The smallest absolute Gasteiger partial charge is 0.338 e. The van der Waals surface area contributed by atoms with E-state index in [0.29, 0.717) is 13.2 Å². The molecular formula is C13H18FNO3. The lowest BCUT2D eigenvalue weighted by molar-refractivity contribution is 0.0692. The normalized spacial score (nSPS) is 12.7. The van der Waals surface area contributed by atoms with Crippen LogP contribution in [0.5, 0.6) is 0 Å². The van der Waals surface area contributed by atoms with Crippen molar-refractivity contribution in [2.75, 3.05) is 20.8 Å². The summed E-state index contributed by atoms with van der Waals surface area (Å²) in [6.45, 7) is 3.14. The summed E-state index contributed by atoms with van der Waals surface area (Å²) in [6.07, 6.45) is 0. The van der Waals surface area contributed by atoms with Gasteiger partial charge in [-0.1, -0.05) is 6.07 Å². The standard InChI is InChI=1S/C13H18FNO3/c1-9(8-18-3)15(2)7-10-4-5-11(13(16)17)12(14)6-10/h4-6,9H,7-8H2,1-3H3,(H,16,17). The van der Waals surface area contributed by atoms with Gasteiger partial charge < -0.3 is 9.84 Å². The highest BCUT2D eigenvalue weighted by molar-refractivity contribution is 5.87. The second kappa shape index (κ2) is 6.47. The number of ether oxygens (including phenoxy) is 1. The third kappa shape index (κ3) is 3.78. The molecule has 100 valence electrons. The van der Waals surface area contributed by atoms with E-state index in [4.69, 9.17) is 9.84 Å². The van der Waals surface area contributed by atoms with Crippen molar-refractivity contribution in [3.63, 3.8) is 0 Å². The molecule has 1 aromatic carbocycles. The molecule has 0 saturated heterocycles. The molecule has 1 N–H and O–H groups in total. The van der Waals surface area contributed by atoms with Crippen molar-refractivity contribution < 1.29 is 19.0 Å². The van der Waals surface area contributed by atoms with E-state index >= 15 is 0 Å². The minimum atomic E-state index is -1.25. The molecule has 1 atom stereocenters.